The number of ketones is 1. The number of halogens is 1. The Morgan fingerprint density at radius 3 is 2.12 bits per heavy atom. The van der Waals surface area contributed by atoms with Gasteiger partial charge in [0.2, 0.25) is 0 Å². The van der Waals surface area contributed by atoms with Crippen LogP contribution in [0.5, 0.6) is 5.75 Å². The number of hydrogen-bond donors (Lipinski definition) is 0. The summed E-state index contributed by atoms with van der Waals surface area (Å²) in [5, 5.41) is 0. The first-order valence-corrected chi connectivity index (χ1v) is 15.4. The fraction of sp³-hybridized carbons (Fsp3) is 0.630. The van der Waals surface area contributed by atoms with Gasteiger partial charge < -0.3 is 9.16 Å². The maximum Gasteiger partial charge on any atom is 0.410 e. The van der Waals surface area contributed by atoms with Crippen LogP contribution in [0.2, 0.25) is 16.6 Å². The van der Waals surface area contributed by atoms with E-state index in [1.807, 2.05) is 19.1 Å². The van der Waals surface area contributed by atoms with E-state index in [2.05, 4.69) is 77.9 Å². The van der Waals surface area contributed by atoms with E-state index >= 15 is 0 Å². The van der Waals surface area contributed by atoms with E-state index in [4.69, 9.17) is 9.16 Å². The van der Waals surface area contributed by atoms with E-state index in [-0.39, 0.29) is 23.7 Å². The molecule has 0 N–H and O–H groups in total. The normalized spacial score (nSPS) is 22.9. The average Bonchev–Trinajstić information content (AvgIpc) is 3.23. The van der Waals surface area contributed by atoms with Gasteiger partial charge in [-0.05, 0) is 47.2 Å². The Hall–Kier alpha value is -1.60. The average molecular weight is 551 g/mol. The van der Waals surface area contributed by atoms with Gasteiger partial charge in [-0.3, -0.25) is 9.69 Å². The number of amides is 1. The molecule has 1 aliphatic carbocycles. The molecular formula is C27H40BrNO4Si. The predicted octanol–water partition coefficient (Wildman–Crippen LogP) is 7.70. The van der Waals surface area contributed by atoms with Crippen molar-refractivity contribution in [3.05, 3.63) is 39.9 Å². The molecule has 1 aromatic rings. The number of nitrogens with zero attached hydrogens (tertiary/aromatic N) is 1. The minimum atomic E-state index is -2.20. The Kier molecular flexibility index (Phi) is 7.78. The van der Waals surface area contributed by atoms with Crippen LogP contribution in [0.25, 0.3) is 0 Å². The van der Waals surface area contributed by atoms with E-state index in [0.717, 1.165) is 21.4 Å². The summed E-state index contributed by atoms with van der Waals surface area (Å²) in [6.07, 6.45) is -0.422. The number of Topliss-reactive ketones (excluding diaryl/α,β-unsaturated/α-hetero) is 1. The van der Waals surface area contributed by atoms with Crippen LogP contribution in [0.1, 0.15) is 84.2 Å². The van der Waals surface area contributed by atoms with Gasteiger partial charge in [0.15, 0.2) is 5.78 Å². The molecule has 1 fully saturated rings. The molecule has 0 bridgehead atoms. The minimum absolute atomic E-state index is 0.0652. The Morgan fingerprint density at radius 1 is 1.09 bits per heavy atom. The molecule has 34 heavy (non-hydrogen) atoms. The predicted molar refractivity (Wildman–Crippen MR) is 143 cm³/mol. The summed E-state index contributed by atoms with van der Waals surface area (Å²) in [5.41, 5.74) is 3.60. The third-order valence-electron chi connectivity index (χ3n) is 7.81. The third kappa shape index (κ3) is 4.27. The number of carbonyl (C=O) groups excluding carboxylic acids is 2. The molecule has 0 spiro atoms. The standard InChI is InChI=1S/C27H40BrNO4Si/c1-14(2)22-13-32-27(31)29(22)25-23(15(3)4)24-20(26(25)30)11-19(12-21(24)28)33-34(16(5)6,17(7)8)18(9)10/h11-12,14,16-18,22-23,25H,3,13H2,1-2,4-10H3/t22-,23-,25+/m1/s1. The van der Waals surface area contributed by atoms with Gasteiger partial charge in [0, 0.05) is 16.0 Å². The molecule has 1 heterocycles. The van der Waals surface area contributed by atoms with Crippen molar-refractivity contribution in [2.75, 3.05) is 6.61 Å². The van der Waals surface area contributed by atoms with Crippen LogP contribution in [0.3, 0.4) is 0 Å². The zero-order chi connectivity index (χ0) is 25.7. The summed E-state index contributed by atoms with van der Waals surface area (Å²) in [6.45, 7) is 24.0. The highest BCUT2D eigenvalue weighted by Gasteiger charge is 2.52. The first kappa shape index (κ1) is 27.0. The van der Waals surface area contributed by atoms with E-state index in [9.17, 15) is 9.59 Å². The molecule has 3 atom stereocenters. The Labute approximate surface area is 214 Å². The van der Waals surface area contributed by atoms with Crippen LogP contribution in [-0.2, 0) is 4.74 Å². The van der Waals surface area contributed by atoms with E-state index in [0.29, 0.717) is 28.8 Å². The Morgan fingerprint density at radius 2 is 1.65 bits per heavy atom. The lowest BCUT2D eigenvalue weighted by Gasteiger charge is -2.42. The molecule has 188 valence electrons. The van der Waals surface area contributed by atoms with E-state index in [1.165, 1.54) is 0 Å². The van der Waals surface area contributed by atoms with Crippen molar-refractivity contribution < 1.29 is 18.8 Å². The van der Waals surface area contributed by atoms with Crippen LogP contribution < -0.4 is 4.43 Å². The molecule has 0 radical (unpaired) electrons. The number of rotatable bonds is 8. The number of carbonyl (C=O) groups is 2. The van der Waals surface area contributed by atoms with E-state index in [1.54, 1.807) is 4.90 Å². The van der Waals surface area contributed by atoms with Gasteiger partial charge >= 0.3 is 6.09 Å². The van der Waals surface area contributed by atoms with Crippen molar-refractivity contribution in [1.82, 2.24) is 4.90 Å². The van der Waals surface area contributed by atoms with Crippen molar-refractivity contribution in [3.8, 4) is 5.75 Å². The molecule has 2 aliphatic rings. The zero-order valence-electron chi connectivity index (χ0n) is 22.1. The molecule has 1 amide bonds. The largest absolute Gasteiger partial charge is 0.543 e. The lowest BCUT2D eigenvalue weighted by atomic mass is 9.89. The highest BCUT2D eigenvalue weighted by Crippen LogP contribution is 2.49. The first-order valence-electron chi connectivity index (χ1n) is 12.4. The van der Waals surface area contributed by atoms with Gasteiger partial charge in [-0.1, -0.05) is 83.5 Å². The van der Waals surface area contributed by atoms with Gasteiger partial charge in [-0.2, -0.15) is 0 Å². The van der Waals surface area contributed by atoms with Crippen LogP contribution in [0, 0.1) is 5.92 Å². The SMILES string of the molecule is C=C(C)[C@@H]1c2c(Br)cc(O[Si](C(C)C)(C(C)C)C(C)C)cc2C(=O)[C@H]1N1C(=O)OC[C@@H]1C(C)C. The monoisotopic (exact) mass is 549 g/mol. The van der Waals surface area contributed by atoms with Gasteiger partial charge in [-0.25, -0.2) is 4.79 Å². The quantitative estimate of drug-likeness (QED) is 0.246. The van der Waals surface area contributed by atoms with Crippen LogP contribution in [0.15, 0.2) is 28.8 Å². The van der Waals surface area contributed by atoms with Crippen molar-refractivity contribution in [3.63, 3.8) is 0 Å². The highest BCUT2D eigenvalue weighted by atomic mass is 79.9. The molecule has 0 unspecified atom stereocenters. The highest BCUT2D eigenvalue weighted by molar-refractivity contribution is 9.10. The Balaban J connectivity index is 2.12. The number of fused-ring (bicyclic) bond motifs is 1. The molecule has 1 aliphatic heterocycles. The molecule has 1 aromatic carbocycles. The summed E-state index contributed by atoms with van der Waals surface area (Å²) in [7, 11) is -2.20. The molecule has 7 heteroatoms. The van der Waals surface area contributed by atoms with Crippen LogP contribution in [-0.4, -0.2) is 43.8 Å². The van der Waals surface area contributed by atoms with E-state index < -0.39 is 20.5 Å². The maximum atomic E-state index is 13.9. The van der Waals surface area contributed by atoms with Gasteiger partial charge in [0.1, 0.15) is 18.4 Å². The summed E-state index contributed by atoms with van der Waals surface area (Å²) in [6, 6.07) is 3.11. The molecule has 0 aromatic heterocycles. The summed E-state index contributed by atoms with van der Waals surface area (Å²) < 4.78 is 13.1. The molecule has 3 rings (SSSR count). The minimum Gasteiger partial charge on any atom is -0.543 e. The number of ether oxygens (including phenoxy) is 1. The maximum absolute atomic E-state index is 13.9. The number of hydrogen-bond acceptors (Lipinski definition) is 4. The first-order chi connectivity index (χ1) is 15.7. The van der Waals surface area contributed by atoms with Crippen molar-refractivity contribution in [1.29, 1.82) is 0 Å². The van der Waals surface area contributed by atoms with Crippen molar-refractivity contribution >= 4 is 36.1 Å². The number of benzene rings is 1. The lowest BCUT2D eigenvalue weighted by Crippen LogP contribution is -2.50. The van der Waals surface area contributed by atoms with Gasteiger partial charge in [0.25, 0.3) is 8.32 Å². The van der Waals surface area contributed by atoms with Gasteiger partial charge in [0.05, 0.1) is 6.04 Å². The van der Waals surface area contributed by atoms with Crippen LogP contribution >= 0.6 is 15.9 Å². The molecular weight excluding hydrogens is 510 g/mol. The number of cyclic esters (lactones) is 1. The smallest absolute Gasteiger partial charge is 0.410 e. The lowest BCUT2D eigenvalue weighted by molar-refractivity contribution is 0.0808. The second-order valence-corrected chi connectivity index (χ2v) is 17.4. The van der Waals surface area contributed by atoms with Gasteiger partial charge in [-0.15, -0.1) is 0 Å². The summed E-state index contributed by atoms with van der Waals surface area (Å²) >= 11 is 3.76. The fourth-order valence-corrected chi connectivity index (χ4v) is 12.2. The molecule has 0 saturated carbocycles. The van der Waals surface area contributed by atoms with Crippen LogP contribution in [0.4, 0.5) is 4.79 Å². The second kappa shape index (κ2) is 9.80. The van der Waals surface area contributed by atoms with Crippen molar-refractivity contribution in [2.24, 2.45) is 5.92 Å². The molecule has 5 nitrogen and oxygen atoms in total. The third-order valence-corrected chi connectivity index (χ3v) is 14.5. The summed E-state index contributed by atoms with van der Waals surface area (Å²) in [5.74, 6) is 0.544. The Bertz CT molecular complexity index is 965. The topological polar surface area (TPSA) is 55.8 Å². The second-order valence-electron chi connectivity index (χ2n) is 11.2. The van der Waals surface area contributed by atoms with Crippen molar-refractivity contribution in [2.45, 2.75) is 96.9 Å². The molecule has 1 saturated heterocycles. The zero-order valence-corrected chi connectivity index (χ0v) is 24.7. The summed E-state index contributed by atoms with van der Waals surface area (Å²) in [4.78, 5) is 28.4. The fourth-order valence-electron chi connectivity index (χ4n) is 6.28.